The van der Waals surface area contributed by atoms with Gasteiger partial charge in [-0.05, 0) is 49.8 Å². The summed E-state index contributed by atoms with van der Waals surface area (Å²) < 4.78 is 11.4. The minimum absolute atomic E-state index is 0.382. The molecule has 4 rings (SSSR count). The van der Waals surface area contributed by atoms with Crippen LogP contribution in [0.15, 0.2) is 47.5 Å². The zero-order valence-corrected chi connectivity index (χ0v) is 18.3. The fourth-order valence-electron chi connectivity index (χ4n) is 3.87. The highest BCUT2D eigenvalue weighted by Gasteiger charge is 2.13. The van der Waals surface area contributed by atoms with Crippen molar-refractivity contribution in [2.45, 2.75) is 25.9 Å². The average Bonchev–Trinajstić information content (AvgIpc) is 3.13. The van der Waals surface area contributed by atoms with E-state index in [0.717, 1.165) is 48.8 Å². The van der Waals surface area contributed by atoms with Crippen molar-refractivity contribution in [1.82, 2.24) is 9.80 Å². The van der Waals surface area contributed by atoms with E-state index in [4.69, 9.17) is 15.2 Å². The summed E-state index contributed by atoms with van der Waals surface area (Å²) >= 11 is 0. The van der Waals surface area contributed by atoms with Crippen LogP contribution in [0.25, 0.3) is 0 Å². The van der Waals surface area contributed by atoms with Crippen LogP contribution in [0.1, 0.15) is 24.0 Å². The molecule has 0 unspecified atom stereocenters. The van der Waals surface area contributed by atoms with Gasteiger partial charge in [-0.1, -0.05) is 24.3 Å². The highest BCUT2D eigenvalue weighted by molar-refractivity contribution is 5.92. The van der Waals surface area contributed by atoms with E-state index >= 15 is 0 Å². The molecule has 0 amide bonds. The van der Waals surface area contributed by atoms with Gasteiger partial charge in [0.15, 0.2) is 17.5 Å². The Morgan fingerprint density at radius 1 is 0.935 bits per heavy atom. The van der Waals surface area contributed by atoms with Gasteiger partial charge >= 0.3 is 0 Å². The van der Waals surface area contributed by atoms with Gasteiger partial charge in [0.1, 0.15) is 0 Å². The highest BCUT2D eigenvalue weighted by Crippen LogP contribution is 2.32. The van der Waals surface area contributed by atoms with Crippen LogP contribution >= 0.6 is 0 Å². The Kier molecular flexibility index (Phi) is 7.27. The number of nitrogens with two attached hydrogens (primary N) is 1. The van der Waals surface area contributed by atoms with Gasteiger partial charge in [0, 0.05) is 37.8 Å². The number of benzene rings is 2. The van der Waals surface area contributed by atoms with Crippen LogP contribution in [0.4, 0.5) is 5.69 Å². The van der Waals surface area contributed by atoms with Gasteiger partial charge in [-0.2, -0.15) is 0 Å². The molecule has 1 saturated heterocycles. The van der Waals surface area contributed by atoms with E-state index in [1.165, 1.54) is 25.1 Å². The van der Waals surface area contributed by atoms with Gasteiger partial charge in [0.2, 0.25) is 0 Å². The Labute approximate surface area is 184 Å². The van der Waals surface area contributed by atoms with E-state index in [1.54, 1.807) is 0 Å². The number of guanidine groups is 1. The van der Waals surface area contributed by atoms with E-state index in [-0.39, 0.29) is 0 Å². The Balaban J connectivity index is 1.29. The van der Waals surface area contributed by atoms with E-state index < -0.39 is 0 Å². The van der Waals surface area contributed by atoms with Crippen molar-refractivity contribution in [2.24, 2.45) is 10.7 Å². The molecule has 2 aliphatic rings. The fourth-order valence-corrected chi connectivity index (χ4v) is 3.87. The Morgan fingerprint density at radius 3 is 2.55 bits per heavy atom. The van der Waals surface area contributed by atoms with Gasteiger partial charge in [0.05, 0.1) is 19.8 Å². The van der Waals surface area contributed by atoms with Crippen molar-refractivity contribution in [1.29, 1.82) is 0 Å². The van der Waals surface area contributed by atoms with Crippen molar-refractivity contribution < 1.29 is 9.47 Å². The second-order valence-corrected chi connectivity index (χ2v) is 8.29. The molecule has 1 fully saturated rings. The third kappa shape index (κ3) is 6.35. The smallest absolute Gasteiger partial charge is 0.193 e. The first-order valence-electron chi connectivity index (χ1n) is 11.1. The zero-order valence-electron chi connectivity index (χ0n) is 18.3. The van der Waals surface area contributed by atoms with Crippen LogP contribution in [0.3, 0.4) is 0 Å². The third-order valence-corrected chi connectivity index (χ3v) is 5.69. The van der Waals surface area contributed by atoms with Crippen molar-refractivity contribution >= 4 is 11.6 Å². The lowest BCUT2D eigenvalue weighted by atomic mass is 10.1. The van der Waals surface area contributed by atoms with Crippen molar-refractivity contribution in [2.75, 3.05) is 51.8 Å². The van der Waals surface area contributed by atoms with Crippen molar-refractivity contribution in [3.8, 4) is 11.5 Å². The second-order valence-electron chi connectivity index (χ2n) is 8.29. The molecule has 0 radical (unpaired) electrons. The fraction of sp³-hybridized carbons (Fsp3) is 0.458. The van der Waals surface area contributed by atoms with Gasteiger partial charge in [-0.3, -0.25) is 4.90 Å². The first kappa shape index (κ1) is 21.5. The number of hydrogen-bond acceptors (Lipinski definition) is 5. The maximum atomic E-state index is 6.10. The molecule has 2 aromatic rings. The summed E-state index contributed by atoms with van der Waals surface area (Å²) in [7, 11) is 2.20. The summed E-state index contributed by atoms with van der Waals surface area (Å²) in [5, 5.41) is 3.14. The van der Waals surface area contributed by atoms with Crippen LogP contribution in [0, 0.1) is 0 Å². The molecular weight excluding hydrogens is 390 g/mol. The van der Waals surface area contributed by atoms with Crippen LogP contribution in [0.5, 0.6) is 11.5 Å². The van der Waals surface area contributed by atoms with E-state index in [9.17, 15) is 0 Å². The first-order valence-corrected chi connectivity index (χ1v) is 11.1. The van der Waals surface area contributed by atoms with Crippen molar-refractivity contribution in [3.63, 3.8) is 0 Å². The number of nitrogens with zero attached hydrogens (tertiary/aromatic N) is 3. The van der Waals surface area contributed by atoms with E-state index in [1.807, 2.05) is 18.2 Å². The van der Waals surface area contributed by atoms with E-state index in [0.29, 0.717) is 25.7 Å². The third-order valence-electron chi connectivity index (χ3n) is 5.69. The lowest BCUT2D eigenvalue weighted by Gasteiger charge is -2.20. The molecule has 3 N–H and O–H groups in total. The van der Waals surface area contributed by atoms with Crippen LogP contribution in [-0.2, 0) is 13.1 Å². The SMILES string of the molecule is CN1CCCN(Cc2ccc(CN=C(N)Nc3ccc4c(c3)OCCCO4)cc2)CC1. The molecule has 0 aromatic heterocycles. The summed E-state index contributed by atoms with van der Waals surface area (Å²) in [6, 6.07) is 14.4. The molecular formula is C24H33N5O2. The molecule has 0 atom stereocenters. The Morgan fingerprint density at radius 2 is 1.71 bits per heavy atom. The lowest BCUT2D eigenvalue weighted by molar-refractivity contribution is 0.269. The molecule has 0 aliphatic carbocycles. The number of nitrogens with one attached hydrogen (secondary N) is 1. The molecule has 2 aromatic carbocycles. The average molecular weight is 424 g/mol. The predicted molar refractivity (Wildman–Crippen MR) is 125 cm³/mol. The standard InChI is InChI=1S/C24H33N5O2/c1-28-10-2-11-29(13-12-28)18-20-6-4-19(5-7-20)17-26-24(25)27-21-8-9-22-23(16-21)31-15-3-14-30-22/h4-9,16H,2-3,10-15,17-18H2,1H3,(H3,25,26,27). The topological polar surface area (TPSA) is 75.4 Å². The summed E-state index contributed by atoms with van der Waals surface area (Å²) in [5.41, 5.74) is 9.42. The lowest BCUT2D eigenvalue weighted by Crippen LogP contribution is -2.28. The highest BCUT2D eigenvalue weighted by atomic mass is 16.5. The van der Waals surface area contributed by atoms with Crippen LogP contribution in [0.2, 0.25) is 0 Å². The number of ether oxygens (including phenoxy) is 2. The van der Waals surface area contributed by atoms with Crippen LogP contribution in [-0.4, -0.2) is 62.2 Å². The predicted octanol–water partition coefficient (Wildman–Crippen LogP) is 2.91. The number of fused-ring (bicyclic) bond motifs is 1. The molecule has 31 heavy (non-hydrogen) atoms. The maximum Gasteiger partial charge on any atom is 0.193 e. The molecule has 7 nitrogen and oxygen atoms in total. The Hall–Kier alpha value is -2.77. The number of aliphatic imine (C=N–C) groups is 1. The quantitative estimate of drug-likeness (QED) is 0.569. The number of rotatable bonds is 5. The second kappa shape index (κ2) is 10.5. The summed E-state index contributed by atoms with van der Waals surface area (Å²) in [6.07, 6.45) is 2.12. The van der Waals surface area contributed by atoms with Crippen LogP contribution < -0.4 is 20.5 Å². The largest absolute Gasteiger partial charge is 0.490 e. The molecule has 0 saturated carbocycles. The van der Waals surface area contributed by atoms with Crippen molar-refractivity contribution in [3.05, 3.63) is 53.6 Å². The molecule has 2 heterocycles. The van der Waals surface area contributed by atoms with Gasteiger partial charge in [0.25, 0.3) is 0 Å². The summed E-state index contributed by atoms with van der Waals surface area (Å²) in [5.74, 6) is 1.89. The maximum absolute atomic E-state index is 6.10. The number of hydrogen-bond donors (Lipinski definition) is 2. The summed E-state index contributed by atoms with van der Waals surface area (Å²) in [6.45, 7) is 7.51. The molecule has 2 aliphatic heterocycles. The number of likely N-dealkylation sites (N-methyl/N-ethyl adjacent to an activating group) is 1. The minimum Gasteiger partial charge on any atom is -0.490 e. The first-order chi connectivity index (χ1) is 15.2. The molecule has 166 valence electrons. The zero-order chi connectivity index (χ0) is 21.5. The number of anilines is 1. The monoisotopic (exact) mass is 423 g/mol. The normalized spacial score (nSPS) is 18.3. The molecule has 0 bridgehead atoms. The van der Waals surface area contributed by atoms with Gasteiger partial charge in [-0.25, -0.2) is 4.99 Å². The van der Waals surface area contributed by atoms with Gasteiger partial charge < -0.3 is 25.4 Å². The minimum atomic E-state index is 0.382. The molecule has 0 spiro atoms. The molecule has 7 heteroatoms. The van der Waals surface area contributed by atoms with E-state index in [2.05, 4.69) is 51.4 Å². The summed E-state index contributed by atoms with van der Waals surface area (Å²) in [4.78, 5) is 9.43. The Bertz CT molecular complexity index is 884. The van der Waals surface area contributed by atoms with Gasteiger partial charge in [-0.15, -0.1) is 0 Å².